The van der Waals surface area contributed by atoms with Crippen molar-refractivity contribution in [3.8, 4) is 5.75 Å². The molecule has 0 N–H and O–H groups in total. The topological polar surface area (TPSA) is 21.6 Å². The summed E-state index contributed by atoms with van der Waals surface area (Å²) in [7, 11) is 1.67. The summed E-state index contributed by atoms with van der Waals surface area (Å²) in [6.07, 6.45) is 5.74. The van der Waals surface area contributed by atoms with E-state index in [0.717, 1.165) is 17.0 Å². The van der Waals surface area contributed by atoms with Crippen LogP contribution >= 0.6 is 0 Å². The predicted octanol–water partition coefficient (Wildman–Crippen LogP) is 4.42. The van der Waals surface area contributed by atoms with Crippen LogP contribution in [-0.2, 0) is 0 Å². The van der Waals surface area contributed by atoms with Crippen molar-refractivity contribution in [1.82, 2.24) is 0 Å². The molecular weight excluding hydrogens is 234 g/mol. The standard InChI is InChI=1S/C17H17NO/c1-14-5-9-16(10-6-14)18-13-3-4-15-7-11-17(19-2)12-8-15/h3-13H,1-2H3/b4-3+,18-13?. The molecular formula is C17H17NO. The smallest absolute Gasteiger partial charge is 0.118 e. The molecule has 0 radical (unpaired) electrons. The Labute approximate surface area is 114 Å². The number of rotatable bonds is 4. The van der Waals surface area contributed by atoms with Crippen molar-refractivity contribution in [3.05, 3.63) is 65.7 Å². The second-order valence-electron chi connectivity index (χ2n) is 4.25. The highest BCUT2D eigenvalue weighted by Crippen LogP contribution is 2.13. The fourth-order valence-electron chi connectivity index (χ4n) is 1.63. The molecule has 0 spiro atoms. The number of hydrogen-bond acceptors (Lipinski definition) is 2. The van der Waals surface area contributed by atoms with Crippen molar-refractivity contribution >= 4 is 18.0 Å². The monoisotopic (exact) mass is 251 g/mol. The minimum Gasteiger partial charge on any atom is -0.497 e. The van der Waals surface area contributed by atoms with Crippen LogP contribution in [0.25, 0.3) is 6.08 Å². The van der Waals surface area contributed by atoms with Gasteiger partial charge >= 0.3 is 0 Å². The Morgan fingerprint density at radius 1 is 0.947 bits per heavy atom. The van der Waals surface area contributed by atoms with Gasteiger partial charge in [-0.3, -0.25) is 4.99 Å². The van der Waals surface area contributed by atoms with E-state index in [9.17, 15) is 0 Å². The van der Waals surface area contributed by atoms with Crippen LogP contribution < -0.4 is 4.74 Å². The highest BCUT2D eigenvalue weighted by molar-refractivity contribution is 5.80. The minimum atomic E-state index is 0.866. The maximum atomic E-state index is 5.11. The number of benzene rings is 2. The fraction of sp³-hybridized carbons (Fsp3) is 0.118. The zero-order chi connectivity index (χ0) is 13.5. The van der Waals surface area contributed by atoms with Gasteiger partial charge < -0.3 is 4.74 Å². The van der Waals surface area contributed by atoms with E-state index in [-0.39, 0.29) is 0 Å². The summed E-state index contributed by atoms with van der Waals surface area (Å²) < 4.78 is 5.11. The molecule has 19 heavy (non-hydrogen) atoms. The van der Waals surface area contributed by atoms with Gasteiger partial charge in [-0.05, 0) is 42.8 Å². The van der Waals surface area contributed by atoms with Crippen molar-refractivity contribution in [2.45, 2.75) is 6.92 Å². The Balaban J connectivity index is 1.96. The van der Waals surface area contributed by atoms with E-state index in [1.165, 1.54) is 5.56 Å². The third-order valence-electron chi connectivity index (χ3n) is 2.75. The lowest BCUT2D eigenvalue weighted by atomic mass is 10.2. The SMILES string of the molecule is COc1ccc(/C=C/C=Nc2ccc(C)cc2)cc1. The van der Waals surface area contributed by atoms with Gasteiger partial charge in [-0.25, -0.2) is 0 Å². The largest absolute Gasteiger partial charge is 0.497 e. The number of nitrogens with zero attached hydrogens (tertiary/aromatic N) is 1. The van der Waals surface area contributed by atoms with E-state index in [4.69, 9.17) is 4.74 Å². The first-order chi connectivity index (χ1) is 9.28. The van der Waals surface area contributed by atoms with Crippen LogP contribution in [0.5, 0.6) is 5.75 Å². The first-order valence-electron chi connectivity index (χ1n) is 6.19. The predicted molar refractivity (Wildman–Crippen MR) is 81.4 cm³/mol. The molecule has 0 saturated heterocycles. The number of hydrogen-bond donors (Lipinski definition) is 0. The molecule has 0 saturated carbocycles. The average molecular weight is 251 g/mol. The highest BCUT2D eigenvalue weighted by Gasteiger charge is 1.89. The molecule has 0 amide bonds. The molecule has 0 bridgehead atoms. The van der Waals surface area contributed by atoms with Gasteiger partial charge in [0, 0.05) is 6.21 Å². The first-order valence-corrected chi connectivity index (χ1v) is 6.19. The minimum absolute atomic E-state index is 0.866. The van der Waals surface area contributed by atoms with E-state index in [1.807, 2.05) is 48.6 Å². The maximum absolute atomic E-state index is 5.11. The van der Waals surface area contributed by atoms with Crippen LogP contribution in [0.15, 0.2) is 59.6 Å². The van der Waals surface area contributed by atoms with E-state index >= 15 is 0 Å². The molecule has 2 aromatic rings. The zero-order valence-corrected chi connectivity index (χ0v) is 11.2. The molecule has 0 aliphatic carbocycles. The molecule has 0 fully saturated rings. The van der Waals surface area contributed by atoms with Crippen molar-refractivity contribution < 1.29 is 4.74 Å². The van der Waals surface area contributed by atoms with Gasteiger partial charge in [-0.1, -0.05) is 35.9 Å². The summed E-state index contributed by atoms with van der Waals surface area (Å²) >= 11 is 0. The lowest BCUT2D eigenvalue weighted by Gasteiger charge is -1.98. The number of methoxy groups -OCH3 is 1. The Morgan fingerprint density at radius 2 is 1.63 bits per heavy atom. The molecule has 96 valence electrons. The number of allylic oxidation sites excluding steroid dienone is 1. The molecule has 0 unspecified atom stereocenters. The second-order valence-corrected chi connectivity index (χ2v) is 4.25. The summed E-state index contributed by atoms with van der Waals surface area (Å²) in [6, 6.07) is 16.0. The fourth-order valence-corrected chi connectivity index (χ4v) is 1.63. The van der Waals surface area contributed by atoms with Crippen LogP contribution in [0.3, 0.4) is 0 Å². The van der Waals surface area contributed by atoms with E-state index in [2.05, 4.69) is 24.0 Å². The van der Waals surface area contributed by atoms with Gasteiger partial charge in [-0.2, -0.15) is 0 Å². The zero-order valence-electron chi connectivity index (χ0n) is 11.2. The van der Waals surface area contributed by atoms with Gasteiger partial charge in [0.05, 0.1) is 12.8 Å². The lowest BCUT2D eigenvalue weighted by Crippen LogP contribution is -1.81. The van der Waals surface area contributed by atoms with Crippen molar-refractivity contribution in [2.75, 3.05) is 7.11 Å². The van der Waals surface area contributed by atoms with Gasteiger partial charge in [-0.15, -0.1) is 0 Å². The third-order valence-corrected chi connectivity index (χ3v) is 2.75. The molecule has 0 aliphatic rings. The first kappa shape index (κ1) is 13.1. The van der Waals surface area contributed by atoms with Crippen molar-refractivity contribution in [1.29, 1.82) is 0 Å². The van der Waals surface area contributed by atoms with Gasteiger partial charge in [0.25, 0.3) is 0 Å². The van der Waals surface area contributed by atoms with Gasteiger partial charge in [0.15, 0.2) is 0 Å². The number of aliphatic imine (C=N–C) groups is 1. The van der Waals surface area contributed by atoms with Crippen LogP contribution in [-0.4, -0.2) is 13.3 Å². The van der Waals surface area contributed by atoms with Crippen LogP contribution in [0.2, 0.25) is 0 Å². The summed E-state index contributed by atoms with van der Waals surface area (Å²) in [5.41, 5.74) is 3.33. The number of ether oxygens (including phenoxy) is 1. The molecule has 0 aliphatic heterocycles. The molecule has 2 nitrogen and oxygen atoms in total. The molecule has 2 aromatic carbocycles. The summed E-state index contributed by atoms with van der Waals surface area (Å²) in [5.74, 6) is 0.866. The van der Waals surface area contributed by atoms with Gasteiger partial charge in [0.1, 0.15) is 5.75 Å². The summed E-state index contributed by atoms with van der Waals surface area (Å²) in [5, 5.41) is 0. The average Bonchev–Trinajstić information content (AvgIpc) is 2.46. The third kappa shape index (κ3) is 4.11. The van der Waals surface area contributed by atoms with E-state index in [1.54, 1.807) is 13.3 Å². The lowest BCUT2D eigenvalue weighted by molar-refractivity contribution is 0.415. The van der Waals surface area contributed by atoms with Crippen molar-refractivity contribution in [2.24, 2.45) is 4.99 Å². The van der Waals surface area contributed by atoms with Gasteiger partial charge in [0.2, 0.25) is 0 Å². The quantitative estimate of drug-likeness (QED) is 0.737. The van der Waals surface area contributed by atoms with Crippen molar-refractivity contribution in [3.63, 3.8) is 0 Å². The summed E-state index contributed by atoms with van der Waals surface area (Å²) in [4.78, 5) is 4.36. The van der Waals surface area contributed by atoms with E-state index in [0.29, 0.717) is 0 Å². The Morgan fingerprint density at radius 3 is 2.26 bits per heavy atom. The van der Waals surface area contributed by atoms with Crippen LogP contribution in [0.4, 0.5) is 5.69 Å². The van der Waals surface area contributed by atoms with Crippen LogP contribution in [0, 0.1) is 6.92 Å². The maximum Gasteiger partial charge on any atom is 0.118 e. The molecule has 2 heteroatoms. The summed E-state index contributed by atoms with van der Waals surface area (Å²) in [6.45, 7) is 2.07. The molecule has 0 atom stereocenters. The molecule has 0 heterocycles. The number of aryl methyl sites for hydroxylation is 1. The Kier molecular flexibility index (Phi) is 4.51. The highest BCUT2D eigenvalue weighted by atomic mass is 16.5. The Bertz CT molecular complexity index is 565. The second kappa shape index (κ2) is 6.55. The molecule has 2 rings (SSSR count). The Hall–Kier alpha value is -2.35. The van der Waals surface area contributed by atoms with E-state index < -0.39 is 0 Å². The molecule has 0 aromatic heterocycles. The normalized spacial score (nSPS) is 11.3. The van der Waals surface area contributed by atoms with Crippen LogP contribution in [0.1, 0.15) is 11.1 Å².